The Labute approximate surface area is 134 Å². The van der Waals surface area contributed by atoms with Crippen LogP contribution in [0.1, 0.15) is 23.2 Å². The molecule has 2 amide bonds. The number of nitrogens with zero attached hydrogens (tertiary/aromatic N) is 1. The smallest absolute Gasteiger partial charge is 0.339 e. The van der Waals surface area contributed by atoms with Gasteiger partial charge in [-0.3, -0.25) is 14.4 Å². The van der Waals surface area contributed by atoms with Crippen LogP contribution in [-0.4, -0.2) is 50.1 Å². The van der Waals surface area contributed by atoms with E-state index >= 15 is 0 Å². The molecule has 1 fully saturated rings. The van der Waals surface area contributed by atoms with Gasteiger partial charge in [-0.2, -0.15) is 0 Å². The normalized spacial score (nSPS) is 17.6. The Morgan fingerprint density at radius 2 is 1.96 bits per heavy atom. The average molecular weight is 339 g/mol. The summed E-state index contributed by atoms with van der Waals surface area (Å²) >= 11 is 1.08. The number of amides is 2. The molecule has 2 rings (SSSR count). The van der Waals surface area contributed by atoms with E-state index in [0.717, 1.165) is 28.8 Å². The van der Waals surface area contributed by atoms with Crippen molar-refractivity contribution in [2.75, 3.05) is 10.7 Å². The van der Waals surface area contributed by atoms with Gasteiger partial charge in [0.2, 0.25) is 11.8 Å². The number of carboxylic acid groups (broad SMARTS) is 2. The fourth-order valence-electron chi connectivity index (χ4n) is 2.13. The zero-order chi connectivity index (χ0) is 17.1. The van der Waals surface area contributed by atoms with Crippen molar-refractivity contribution in [3.05, 3.63) is 23.8 Å². The van der Waals surface area contributed by atoms with Gasteiger partial charge in [-0.1, -0.05) is 0 Å². The van der Waals surface area contributed by atoms with E-state index in [2.05, 4.69) is 0 Å². The van der Waals surface area contributed by atoms with Crippen LogP contribution in [0, 0.1) is 0 Å². The van der Waals surface area contributed by atoms with Crippen molar-refractivity contribution >= 4 is 41.2 Å². The lowest BCUT2D eigenvalue weighted by Crippen LogP contribution is -2.31. The summed E-state index contributed by atoms with van der Waals surface area (Å²) in [6, 6.07) is 3.43. The molecule has 1 heterocycles. The van der Waals surface area contributed by atoms with Crippen LogP contribution in [0.4, 0.5) is 5.69 Å². The number of hydrogen-bond acceptors (Lipinski definition) is 6. The van der Waals surface area contributed by atoms with Gasteiger partial charge in [0.05, 0.1) is 17.4 Å². The van der Waals surface area contributed by atoms with E-state index in [9.17, 15) is 24.3 Å². The number of carbonyl (C=O) groups is 4. The molecule has 122 valence electrons. The first-order valence-corrected chi connectivity index (χ1v) is 7.62. The lowest BCUT2D eigenvalue weighted by atomic mass is 10.1. The Morgan fingerprint density at radius 3 is 2.57 bits per heavy atom. The van der Waals surface area contributed by atoms with Crippen LogP contribution in [0.3, 0.4) is 0 Å². The SMILES string of the molecule is O=C(O)CCSC1CC(=O)N(c2ccc(O)c(C(=O)O)c2)C1=O. The molecular formula is C14H13NO7S. The van der Waals surface area contributed by atoms with Gasteiger partial charge in [-0.25, -0.2) is 9.69 Å². The number of aromatic hydroxyl groups is 1. The summed E-state index contributed by atoms with van der Waals surface area (Å²) in [5, 5.41) is 26.3. The van der Waals surface area contributed by atoms with E-state index in [-0.39, 0.29) is 24.3 Å². The molecule has 9 heteroatoms. The van der Waals surface area contributed by atoms with E-state index < -0.39 is 40.3 Å². The first-order valence-electron chi connectivity index (χ1n) is 6.57. The minimum Gasteiger partial charge on any atom is -0.507 e. The number of hydrogen-bond donors (Lipinski definition) is 3. The number of thioether (sulfide) groups is 1. The number of aromatic carboxylic acids is 1. The molecule has 0 aromatic heterocycles. The van der Waals surface area contributed by atoms with E-state index in [4.69, 9.17) is 10.2 Å². The minimum atomic E-state index is -1.38. The summed E-state index contributed by atoms with van der Waals surface area (Å²) in [4.78, 5) is 46.7. The van der Waals surface area contributed by atoms with Crippen LogP contribution in [0.15, 0.2) is 18.2 Å². The van der Waals surface area contributed by atoms with Crippen molar-refractivity contribution in [2.24, 2.45) is 0 Å². The number of imide groups is 1. The highest BCUT2D eigenvalue weighted by Crippen LogP contribution is 2.32. The monoisotopic (exact) mass is 339 g/mol. The van der Waals surface area contributed by atoms with Crippen molar-refractivity contribution in [1.29, 1.82) is 0 Å². The Kier molecular flexibility index (Phi) is 4.89. The maximum absolute atomic E-state index is 12.3. The van der Waals surface area contributed by atoms with E-state index in [1.807, 2.05) is 0 Å². The van der Waals surface area contributed by atoms with Gasteiger partial charge in [-0.05, 0) is 18.2 Å². The zero-order valence-corrected chi connectivity index (χ0v) is 12.6. The van der Waals surface area contributed by atoms with Crippen molar-refractivity contribution in [3.63, 3.8) is 0 Å². The first-order chi connectivity index (χ1) is 10.8. The fraction of sp³-hybridized carbons (Fsp3) is 0.286. The number of benzene rings is 1. The number of rotatable bonds is 6. The number of carboxylic acids is 2. The molecule has 23 heavy (non-hydrogen) atoms. The fourth-order valence-corrected chi connectivity index (χ4v) is 3.21. The Bertz CT molecular complexity index is 688. The molecule has 1 atom stereocenters. The number of carbonyl (C=O) groups excluding carboxylic acids is 2. The summed E-state index contributed by atoms with van der Waals surface area (Å²) in [5.41, 5.74) is -0.346. The molecule has 1 aromatic rings. The molecule has 1 aromatic carbocycles. The number of anilines is 1. The van der Waals surface area contributed by atoms with Crippen LogP contribution >= 0.6 is 11.8 Å². The molecule has 8 nitrogen and oxygen atoms in total. The molecule has 1 unspecified atom stereocenters. The summed E-state index contributed by atoms with van der Waals surface area (Å²) in [7, 11) is 0. The third-order valence-corrected chi connectivity index (χ3v) is 4.42. The molecule has 0 bridgehead atoms. The van der Waals surface area contributed by atoms with Crippen molar-refractivity contribution in [3.8, 4) is 5.75 Å². The van der Waals surface area contributed by atoms with Gasteiger partial charge in [0, 0.05) is 12.2 Å². The van der Waals surface area contributed by atoms with Gasteiger partial charge >= 0.3 is 11.9 Å². The van der Waals surface area contributed by atoms with Gasteiger partial charge in [-0.15, -0.1) is 11.8 Å². The predicted molar refractivity (Wildman–Crippen MR) is 80.7 cm³/mol. The maximum atomic E-state index is 12.3. The second-order valence-electron chi connectivity index (χ2n) is 4.78. The maximum Gasteiger partial charge on any atom is 0.339 e. The lowest BCUT2D eigenvalue weighted by Gasteiger charge is -2.15. The second-order valence-corrected chi connectivity index (χ2v) is 6.09. The minimum absolute atomic E-state index is 0.0662. The first kappa shape index (κ1) is 16.8. The molecule has 1 aliphatic rings. The van der Waals surface area contributed by atoms with Crippen molar-refractivity contribution < 1.29 is 34.5 Å². The molecule has 1 saturated heterocycles. The average Bonchev–Trinajstić information content (AvgIpc) is 2.74. The van der Waals surface area contributed by atoms with E-state index in [0.29, 0.717) is 0 Å². The van der Waals surface area contributed by atoms with Gasteiger partial charge in [0.25, 0.3) is 0 Å². The number of aliphatic carboxylic acids is 1. The summed E-state index contributed by atoms with van der Waals surface area (Å²) in [6.07, 6.45) is -0.197. The highest BCUT2D eigenvalue weighted by Gasteiger charge is 2.40. The van der Waals surface area contributed by atoms with Gasteiger partial charge in [0.15, 0.2) is 0 Å². The highest BCUT2D eigenvalue weighted by molar-refractivity contribution is 8.00. The van der Waals surface area contributed by atoms with Crippen LogP contribution < -0.4 is 4.90 Å². The molecule has 3 N–H and O–H groups in total. The zero-order valence-electron chi connectivity index (χ0n) is 11.8. The Hall–Kier alpha value is -2.55. The molecule has 0 saturated carbocycles. The van der Waals surface area contributed by atoms with E-state index in [1.165, 1.54) is 6.07 Å². The second kappa shape index (κ2) is 6.69. The summed E-state index contributed by atoms with van der Waals surface area (Å²) < 4.78 is 0. The highest BCUT2D eigenvalue weighted by atomic mass is 32.2. The molecule has 1 aliphatic heterocycles. The quantitative estimate of drug-likeness (QED) is 0.652. The van der Waals surface area contributed by atoms with Gasteiger partial charge < -0.3 is 15.3 Å². The Balaban J connectivity index is 2.18. The molecular weight excluding hydrogens is 326 g/mol. The van der Waals surface area contributed by atoms with Crippen molar-refractivity contribution in [1.82, 2.24) is 0 Å². The lowest BCUT2D eigenvalue weighted by molar-refractivity contribution is -0.136. The predicted octanol–water partition coefficient (Wildman–Crippen LogP) is 0.930. The van der Waals surface area contributed by atoms with Crippen LogP contribution in [0.2, 0.25) is 0 Å². The largest absolute Gasteiger partial charge is 0.507 e. The molecule has 0 spiro atoms. The third-order valence-electron chi connectivity index (χ3n) is 3.21. The van der Waals surface area contributed by atoms with Gasteiger partial charge in [0.1, 0.15) is 11.3 Å². The Morgan fingerprint density at radius 1 is 1.26 bits per heavy atom. The van der Waals surface area contributed by atoms with Crippen LogP contribution in [0.5, 0.6) is 5.75 Å². The topological polar surface area (TPSA) is 132 Å². The van der Waals surface area contributed by atoms with Crippen LogP contribution in [-0.2, 0) is 14.4 Å². The van der Waals surface area contributed by atoms with E-state index in [1.54, 1.807) is 0 Å². The number of phenols is 1. The molecule has 0 radical (unpaired) electrons. The van der Waals surface area contributed by atoms with Crippen molar-refractivity contribution in [2.45, 2.75) is 18.1 Å². The molecule has 0 aliphatic carbocycles. The van der Waals surface area contributed by atoms with Crippen LogP contribution in [0.25, 0.3) is 0 Å². The standard InChI is InChI=1S/C14H13NO7S/c16-9-2-1-7(5-8(9)14(21)22)15-11(17)6-10(13(15)20)23-4-3-12(18)19/h1-2,5,10,16H,3-4,6H2,(H,18,19)(H,21,22). The third kappa shape index (κ3) is 3.62. The summed E-state index contributed by atoms with van der Waals surface area (Å²) in [5.74, 6) is -3.65. The summed E-state index contributed by atoms with van der Waals surface area (Å²) in [6.45, 7) is 0.